The number of hydrogen-bond acceptors (Lipinski definition) is 3. The minimum absolute atomic E-state index is 0. The lowest BCUT2D eigenvalue weighted by molar-refractivity contribution is -0.118. The van der Waals surface area contributed by atoms with Gasteiger partial charge in [0, 0.05) is 25.7 Å². The number of amides is 1. The van der Waals surface area contributed by atoms with E-state index in [1.165, 1.54) is 6.07 Å². The molecule has 1 heterocycles. The molecule has 1 atom stereocenters. The maximum absolute atomic E-state index is 12.1. The summed E-state index contributed by atoms with van der Waals surface area (Å²) in [6.07, 6.45) is 0. The van der Waals surface area contributed by atoms with Crippen LogP contribution in [-0.4, -0.2) is 43.0 Å². The molecule has 118 valence electrons. The molecule has 1 aromatic rings. The molecule has 4 nitrogen and oxygen atoms in total. The highest BCUT2D eigenvalue weighted by Gasteiger charge is 2.20. The van der Waals surface area contributed by atoms with Gasteiger partial charge in [-0.1, -0.05) is 34.8 Å². The number of halogens is 4. The molecule has 1 aromatic carbocycles. The van der Waals surface area contributed by atoms with Crippen LogP contribution in [0.3, 0.4) is 0 Å². The van der Waals surface area contributed by atoms with Gasteiger partial charge in [-0.05, 0) is 19.1 Å². The molecule has 21 heavy (non-hydrogen) atoms. The van der Waals surface area contributed by atoms with Crippen molar-refractivity contribution >= 4 is 58.8 Å². The predicted molar refractivity (Wildman–Crippen MR) is 91.3 cm³/mol. The van der Waals surface area contributed by atoms with Gasteiger partial charge in [0.1, 0.15) is 0 Å². The van der Waals surface area contributed by atoms with Crippen molar-refractivity contribution in [3.05, 3.63) is 27.2 Å². The average molecular weight is 373 g/mol. The van der Waals surface area contributed by atoms with Gasteiger partial charge in [-0.15, -0.1) is 12.4 Å². The van der Waals surface area contributed by atoms with Crippen molar-refractivity contribution in [1.82, 2.24) is 10.2 Å². The predicted octanol–water partition coefficient (Wildman–Crippen LogP) is 3.30. The summed E-state index contributed by atoms with van der Waals surface area (Å²) in [7, 11) is 0. The van der Waals surface area contributed by atoms with Crippen LogP contribution in [0.15, 0.2) is 12.1 Å². The zero-order valence-electron chi connectivity index (χ0n) is 11.5. The van der Waals surface area contributed by atoms with E-state index in [9.17, 15) is 4.79 Å². The zero-order valence-corrected chi connectivity index (χ0v) is 14.5. The Kier molecular flexibility index (Phi) is 7.54. The summed E-state index contributed by atoms with van der Waals surface area (Å²) < 4.78 is 0. The van der Waals surface area contributed by atoms with Crippen LogP contribution in [0, 0.1) is 0 Å². The van der Waals surface area contributed by atoms with Gasteiger partial charge < -0.3 is 10.6 Å². The van der Waals surface area contributed by atoms with Crippen LogP contribution < -0.4 is 10.6 Å². The molecule has 0 spiro atoms. The Morgan fingerprint density at radius 2 is 2.00 bits per heavy atom. The Morgan fingerprint density at radius 1 is 1.33 bits per heavy atom. The first kappa shape index (κ1) is 18.8. The number of nitrogens with zero attached hydrogens (tertiary/aromatic N) is 1. The summed E-state index contributed by atoms with van der Waals surface area (Å²) in [5.74, 6) is -0.112. The fraction of sp³-hybridized carbons (Fsp3) is 0.462. The van der Waals surface area contributed by atoms with Crippen molar-refractivity contribution in [3.63, 3.8) is 0 Å². The second-order valence-electron chi connectivity index (χ2n) is 4.82. The Morgan fingerprint density at radius 3 is 2.67 bits per heavy atom. The third kappa shape index (κ3) is 5.16. The van der Waals surface area contributed by atoms with Crippen LogP contribution in [-0.2, 0) is 4.79 Å². The maximum Gasteiger partial charge on any atom is 0.238 e. The summed E-state index contributed by atoms with van der Waals surface area (Å²) in [6.45, 7) is 5.06. The molecule has 1 amide bonds. The fourth-order valence-electron chi connectivity index (χ4n) is 2.11. The number of carbonyl (C=O) groups excluding carboxylic acids is 1. The molecule has 2 rings (SSSR count). The lowest BCUT2D eigenvalue weighted by atomic mass is 10.2. The minimum atomic E-state index is -0.112. The summed E-state index contributed by atoms with van der Waals surface area (Å²) in [6, 6.07) is 3.42. The molecular weight excluding hydrogens is 356 g/mol. The van der Waals surface area contributed by atoms with E-state index >= 15 is 0 Å². The van der Waals surface area contributed by atoms with Crippen LogP contribution in [0.25, 0.3) is 0 Å². The Bertz CT molecular complexity index is 512. The number of piperazine rings is 1. The quantitative estimate of drug-likeness (QED) is 0.800. The highest BCUT2D eigenvalue weighted by Crippen LogP contribution is 2.32. The largest absolute Gasteiger partial charge is 0.324 e. The summed E-state index contributed by atoms with van der Waals surface area (Å²) in [4.78, 5) is 14.2. The van der Waals surface area contributed by atoms with Gasteiger partial charge in [-0.3, -0.25) is 9.69 Å². The average Bonchev–Trinajstić information content (AvgIpc) is 2.39. The number of carbonyl (C=O) groups is 1. The number of rotatable bonds is 3. The van der Waals surface area contributed by atoms with Crippen molar-refractivity contribution < 1.29 is 4.79 Å². The third-order valence-corrected chi connectivity index (χ3v) is 4.30. The number of nitrogens with one attached hydrogen (secondary N) is 2. The summed E-state index contributed by atoms with van der Waals surface area (Å²) in [5.41, 5.74) is 0.480. The van der Waals surface area contributed by atoms with E-state index in [4.69, 9.17) is 34.8 Å². The standard InChI is InChI=1S/C13H16Cl3N3O.ClH/c1-8-6-17-2-3-19(8)7-13(20)18-12-5-10(15)9(14)4-11(12)16;/h4-5,8,17H,2-3,6-7H2,1H3,(H,18,20);1H/t8-;/m0./s1. The molecule has 0 unspecified atom stereocenters. The smallest absolute Gasteiger partial charge is 0.238 e. The minimum Gasteiger partial charge on any atom is -0.324 e. The molecule has 2 N–H and O–H groups in total. The number of hydrogen-bond donors (Lipinski definition) is 2. The first-order valence-electron chi connectivity index (χ1n) is 6.36. The van der Waals surface area contributed by atoms with Crippen molar-refractivity contribution in [1.29, 1.82) is 0 Å². The molecule has 0 radical (unpaired) electrons. The molecule has 0 bridgehead atoms. The molecule has 0 aromatic heterocycles. The molecule has 0 aliphatic carbocycles. The number of benzene rings is 1. The molecule has 1 saturated heterocycles. The van der Waals surface area contributed by atoms with Crippen LogP contribution in [0.1, 0.15) is 6.92 Å². The number of anilines is 1. The zero-order chi connectivity index (χ0) is 14.7. The second-order valence-corrected chi connectivity index (χ2v) is 6.04. The van der Waals surface area contributed by atoms with Gasteiger partial charge in [0.2, 0.25) is 5.91 Å². The van der Waals surface area contributed by atoms with Gasteiger partial charge in [0.25, 0.3) is 0 Å². The monoisotopic (exact) mass is 371 g/mol. The first-order valence-corrected chi connectivity index (χ1v) is 7.50. The highest BCUT2D eigenvalue weighted by atomic mass is 35.5. The van der Waals surface area contributed by atoms with Gasteiger partial charge >= 0.3 is 0 Å². The Labute approximate surface area is 145 Å². The van der Waals surface area contributed by atoms with E-state index in [-0.39, 0.29) is 18.3 Å². The summed E-state index contributed by atoms with van der Waals surface area (Å²) in [5, 5.41) is 7.16. The van der Waals surface area contributed by atoms with Gasteiger partial charge in [0.05, 0.1) is 27.3 Å². The van der Waals surface area contributed by atoms with Crippen LogP contribution in [0.2, 0.25) is 15.1 Å². The van der Waals surface area contributed by atoms with Crippen molar-refractivity contribution in [3.8, 4) is 0 Å². The van der Waals surface area contributed by atoms with Crippen molar-refractivity contribution in [2.24, 2.45) is 0 Å². The topological polar surface area (TPSA) is 44.4 Å². The Balaban J connectivity index is 0.00000220. The SMILES string of the molecule is C[C@H]1CNCCN1CC(=O)Nc1cc(Cl)c(Cl)cc1Cl.Cl. The lowest BCUT2D eigenvalue weighted by Crippen LogP contribution is -2.51. The molecule has 8 heteroatoms. The molecule has 0 saturated carbocycles. The summed E-state index contributed by atoms with van der Waals surface area (Å²) >= 11 is 17.8. The normalized spacial score (nSPS) is 19.0. The highest BCUT2D eigenvalue weighted by molar-refractivity contribution is 6.44. The van der Waals surface area contributed by atoms with Crippen molar-refractivity contribution in [2.45, 2.75) is 13.0 Å². The van der Waals surface area contributed by atoms with Crippen LogP contribution in [0.5, 0.6) is 0 Å². The lowest BCUT2D eigenvalue weighted by Gasteiger charge is -2.33. The van der Waals surface area contributed by atoms with E-state index in [1.54, 1.807) is 6.07 Å². The van der Waals surface area contributed by atoms with E-state index in [0.717, 1.165) is 19.6 Å². The molecule has 1 aliphatic rings. The molecule has 1 fully saturated rings. The van der Waals surface area contributed by atoms with E-state index in [1.807, 2.05) is 0 Å². The van der Waals surface area contributed by atoms with Crippen LogP contribution in [0.4, 0.5) is 5.69 Å². The third-order valence-electron chi connectivity index (χ3n) is 3.27. The molecular formula is C13H17Cl4N3O. The van der Waals surface area contributed by atoms with Gasteiger partial charge in [-0.2, -0.15) is 0 Å². The van der Waals surface area contributed by atoms with Crippen molar-refractivity contribution in [2.75, 3.05) is 31.5 Å². The Hall–Kier alpha value is -0.230. The van der Waals surface area contributed by atoms with Gasteiger partial charge in [-0.25, -0.2) is 0 Å². The van der Waals surface area contributed by atoms with E-state index < -0.39 is 0 Å². The van der Waals surface area contributed by atoms with Gasteiger partial charge in [0.15, 0.2) is 0 Å². The van der Waals surface area contributed by atoms with Crippen LogP contribution >= 0.6 is 47.2 Å². The fourth-order valence-corrected chi connectivity index (χ4v) is 2.70. The van der Waals surface area contributed by atoms with E-state index in [2.05, 4.69) is 22.5 Å². The molecule has 1 aliphatic heterocycles. The van der Waals surface area contributed by atoms with E-state index in [0.29, 0.717) is 33.3 Å². The maximum atomic E-state index is 12.1. The second kappa shape index (κ2) is 8.42. The first-order chi connectivity index (χ1) is 9.47.